The van der Waals surface area contributed by atoms with Gasteiger partial charge in [0, 0.05) is 17.7 Å². The van der Waals surface area contributed by atoms with Crippen molar-refractivity contribution in [3.63, 3.8) is 0 Å². The molecule has 114 valence electrons. The number of halogens is 1. The minimum Gasteiger partial charge on any atom is -0.493 e. The third-order valence-electron chi connectivity index (χ3n) is 3.78. The van der Waals surface area contributed by atoms with Crippen LogP contribution in [0.15, 0.2) is 18.2 Å². The first-order chi connectivity index (χ1) is 9.62. The van der Waals surface area contributed by atoms with E-state index in [1.807, 2.05) is 19.1 Å². The average Bonchev–Trinajstić information content (AvgIpc) is 2.46. The molecule has 3 heteroatoms. The van der Waals surface area contributed by atoms with Gasteiger partial charge in [0.2, 0.25) is 0 Å². The Morgan fingerprint density at radius 3 is 2.45 bits per heavy atom. The van der Waals surface area contributed by atoms with Gasteiger partial charge in [-0.3, -0.25) is 0 Å². The number of rotatable bonds is 9. The second-order valence-corrected chi connectivity index (χ2v) is 5.35. The summed E-state index contributed by atoms with van der Waals surface area (Å²) in [6.45, 7) is 9.96. The van der Waals surface area contributed by atoms with Gasteiger partial charge in [-0.05, 0) is 31.9 Å². The third kappa shape index (κ3) is 5.12. The smallest absolute Gasteiger partial charge is 0.131 e. The molecule has 1 atom stereocenters. The molecule has 0 aliphatic heterocycles. The largest absolute Gasteiger partial charge is 0.493 e. The fourth-order valence-corrected chi connectivity index (χ4v) is 2.16. The fraction of sp³-hybridized carbons (Fsp3) is 0.647. The molecule has 0 fully saturated rings. The van der Waals surface area contributed by atoms with Crippen LogP contribution in [0.4, 0.5) is 4.39 Å². The topological polar surface area (TPSA) is 21.3 Å². The van der Waals surface area contributed by atoms with E-state index in [4.69, 9.17) is 4.74 Å². The highest BCUT2D eigenvalue weighted by Crippen LogP contribution is 2.22. The Morgan fingerprint density at radius 2 is 1.90 bits per heavy atom. The lowest BCUT2D eigenvalue weighted by molar-refractivity contribution is 0.239. The fourth-order valence-electron chi connectivity index (χ4n) is 2.16. The van der Waals surface area contributed by atoms with Crippen molar-refractivity contribution < 1.29 is 9.13 Å². The van der Waals surface area contributed by atoms with Crippen molar-refractivity contribution >= 4 is 0 Å². The molecule has 20 heavy (non-hydrogen) atoms. The summed E-state index contributed by atoms with van der Waals surface area (Å²) in [6, 6.07) is 5.22. The van der Waals surface area contributed by atoms with Crippen molar-refractivity contribution in [1.82, 2.24) is 5.32 Å². The molecule has 0 amide bonds. The van der Waals surface area contributed by atoms with Gasteiger partial charge in [0.1, 0.15) is 11.6 Å². The number of benzene rings is 1. The Hall–Kier alpha value is -1.09. The molecule has 0 radical (unpaired) electrons. The van der Waals surface area contributed by atoms with Gasteiger partial charge in [-0.15, -0.1) is 0 Å². The highest BCUT2D eigenvalue weighted by Gasteiger charge is 2.12. The van der Waals surface area contributed by atoms with E-state index in [9.17, 15) is 4.39 Å². The molecule has 2 nitrogen and oxygen atoms in total. The highest BCUT2D eigenvalue weighted by atomic mass is 19.1. The molecule has 0 bridgehead atoms. The quantitative estimate of drug-likeness (QED) is 0.708. The molecule has 0 aliphatic carbocycles. The molecule has 0 aromatic heterocycles. The maximum absolute atomic E-state index is 14.1. The van der Waals surface area contributed by atoms with Crippen molar-refractivity contribution in [2.75, 3.05) is 13.2 Å². The first-order valence-corrected chi connectivity index (χ1v) is 7.77. The van der Waals surface area contributed by atoms with Crippen LogP contribution in [0.2, 0.25) is 0 Å². The van der Waals surface area contributed by atoms with E-state index in [2.05, 4.69) is 26.1 Å². The van der Waals surface area contributed by atoms with E-state index in [0.717, 1.165) is 25.8 Å². The number of nitrogens with one attached hydrogen (secondary N) is 1. The Morgan fingerprint density at radius 1 is 1.20 bits per heavy atom. The summed E-state index contributed by atoms with van der Waals surface area (Å²) in [6.07, 6.45) is 3.23. The average molecular weight is 281 g/mol. The van der Waals surface area contributed by atoms with Gasteiger partial charge in [-0.1, -0.05) is 39.7 Å². The van der Waals surface area contributed by atoms with Gasteiger partial charge in [-0.2, -0.15) is 0 Å². The molecule has 1 aromatic rings. The van der Waals surface area contributed by atoms with Crippen LogP contribution in [-0.2, 0) is 0 Å². The van der Waals surface area contributed by atoms with Gasteiger partial charge in [0.15, 0.2) is 0 Å². The third-order valence-corrected chi connectivity index (χ3v) is 3.78. The lowest BCUT2D eigenvalue weighted by Gasteiger charge is -2.17. The van der Waals surface area contributed by atoms with Crippen LogP contribution >= 0.6 is 0 Å². The lowest BCUT2D eigenvalue weighted by atomic mass is 10.1. The predicted molar refractivity (Wildman–Crippen MR) is 82.7 cm³/mol. The van der Waals surface area contributed by atoms with Crippen molar-refractivity contribution in [1.29, 1.82) is 0 Å². The molecular weight excluding hydrogens is 253 g/mol. The monoisotopic (exact) mass is 281 g/mol. The summed E-state index contributed by atoms with van der Waals surface area (Å²) in [4.78, 5) is 0. The zero-order valence-corrected chi connectivity index (χ0v) is 13.2. The SMILES string of the molecule is CCCNC(C)c1ccc(OCC(CC)CC)cc1F. The van der Waals surface area contributed by atoms with Crippen LogP contribution in [0, 0.1) is 11.7 Å². The molecule has 1 unspecified atom stereocenters. The van der Waals surface area contributed by atoms with Crippen molar-refractivity contribution in [2.24, 2.45) is 5.92 Å². The maximum Gasteiger partial charge on any atom is 0.131 e. The first-order valence-electron chi connectivity index (χ1n) is 7.77. The molecule has 1 aromatic carbocycles. The molecule has 0 saturated carbocycles. The van der Waals surface area contributed by atoms with Gasteiger partial charge < -0.3 is 10.1 Å². The summed E-state index contributed by atoms with van der Waals surface area (Å²) < 4.78 is 19.8. The van der Waals surface area contributed by atoms with Crippen LogP contribution in [-0.4, -0.2) is 13.2 Å². The summed E-state index contributed by atoms with van der Waals surface area (Å²) in [7, 11) is 0. The van der Waals surface area contributed by atoms with Crippen LogP contribution in [0.25, 0.3) is 0 Å². The minimum atomic E-state index is -0.192. The van der Waals surface area contributed by atoms with Crippen LogP contribution < -0.4 is 10.1 Å². The molecule has 0 heterocycles. The summed E-state index contributed by atoms with van der Waals surface area (Å²) in [5.74, 6) is 0.979. The van der Waals surface area contributed by atoms with E-state index in [-0.39, 0.29) is 11.9 Å². The Bertz CT molecular complexity index is 391. The van der Waals surface area contributed by atoms with Crippen molar-refractivity contribution in [3.05, 3.63) is 29.6 Å². The standard InChI is InChI=1S/C17H28FNO/c1-5-10-19-13(4)16-9-8-15(11-17(16)18)20-12-14(6-2)7-3/h8-9,11,13-14,19H,5-7,10,12H2,1-4H3. The van der Waals surface area contributed by atoms with Crippen molar-refractivity contribution in [3.8, 4) is 5.75 Å². The Labute approximate surface area is 122 Å². The molecule has 1 rings (SSSR count). The zero-order chi connectivity index (χ0) is 15.0. The molecule has 1 N–H and O–H groups in total. The van der Waals surface area contributed by atoms with Gasteiger partial charge in [-0.25, -0.2) is 4.39 Å². The Balaban J connectivity index is 2.63. The van der Waals surface area contributed by atoms with Gasteiger partial charge in [0.25, 0.3) is 0 Å². The highest BCUT2D eigenvalue weighted by molar-refractivity contribution is 5.30. The van der Waals surface area contributed by atoms with Crippen LogP contribution in [0.3, 0.4) is 0 Å². The van der Waals surface area contributed by atoms with E-state index in [1.165, 1.54) is 6.07 Å². The van der Waals surface area contributed by atoms with E-state index in [1.54, 1.807) is 0 Å². The second kappa shape index (κ2) is 8.96. The van der Waals surface area contributed by atoms with Crippen LogP contribution in [0.1, 0.15) is 58.6 Å². The first kappa shape index (κ1) is 17.0. The van der Waals surface area contributed by atoms with E-state index >= 15 is 0 Å². The maximum atomic E-state index is 14.1. The minimum absolute atomic E-state index is 0.0306. The van der Waals surface area contributed by atoms with Crippen molar-refractivity contribution in [2.45, 2.75) is 53.0 Å². The van der Waals surface area contributed by atoms with Crippen LogP contribution in [0.5, 0.6) is 5.75 Å². The van der Waals surface area contributed by atoms with E-state index < -0.39 is 0 Å². The molecule has 0 aliphatic rings. The predicted octanol–water partition coefficient (Wildman–Crippen LogP) is 4.70. The summed E-state index contributed by atoms with van der Waals surface area (Å²) in [5.41, 5.74) is 0.702. The van der Waals surface area contributed by atoms with E-state index in [0.29, 0.717) is 23.8 Å². The second-order valence-electron chi connectivity index (χ2n) is 5.35. The zero-order valence-electron chi connectivity index (χ0n) is 13.2. The molecule has 0 saturated heterocycles. The molecular formula is C17H28FNO. The summed E-state index contributed by atoms with van der Waals surface area (Å²) >= 11 is 0. The molecule has 0 spiro atoms. The van der Waals surface area contributed by atoms with Gasteiger partial charge in [0.05, 0.1) is 6.61 Å². The number of hydrogen-bond acceptors (Lipinski definition) is 2. The lowest BCUT2D eigenvalue weighted by Crippen LogP contribution is -2.20. The van der Waals surface area contributed by atoms with Gasteiger partial charge >= 0.3 is 0 Å². The number of hydrogen-bond donors (Lipinski definition) is 1. The normalized spacial score (nSPS) is 12.7. The summed E-state index contributed by atoms with van der Waals surface area (Å²) in [5, 5.41) is 3.30. The Kier molecular flexibility index (Phi) is 7.60. The number of ether oxygens (including phenoxy) is 1.